The van der Waals surface area contributed by atoms with Crippen LogP contribution in [-0.2, 0) is 14.8 Å². The average Bonchev–Trinajstić information content (AvgIpc) is 3.67. The number of amides is 1. The molecule has 1 aliphatic carbocycles. The highest BCUT2D eigenvalue weighted by atomic mass is 32.2. The molecule has 12 heteroatoms. The van der Waals surface area contributed by atoms with Gasteiger partial charge in [-0.15, -0.1) is 0 Å². The number of primary amides is 1. The lowest BCUT2D eigenvalue weighted by atomic mass is 10.0. The fraction of sp³-hybridized carbons (Fsp3) is 0.267. The lowest BCUT2D eigenvalue weighted by molar-refractivity contribution is 0.0640. The first-order chi connectivity index (χ1) is 19.7. The number of carbonyl (C=O) groups excluding carboxylic acids is 2. The van der Waals surface area contributed by atoms with Crippen LogP contribution < -0.4 is 14.8 Å². The summed E-state index contributed by atoms with van der Waals surface area (Å²) in [6, 6.07) is 15.2. The zero-order valence-corrected chi connectivity index (χ0v) is 23.9. The summed E-state index contributed by atoms with van der Waals surface area (Å²) in [5.74, 6) is -0.496. The van der Waals surface area contributed by atoms with Crippen LogP contribution in [0.2, 0.25) is 0 Å². The topological polar surface area (TPSA) is 149 Å². The highest BCUT2D eigenvalue weighted by Crippen LogP contribution is 2.48. The number of sulfonamides is 1. The van der Waals surface area contributed by atoms with E-state index < -0.39 is 33.5 Å². The van der Waals surface area contributed by atoms with E-state index in [0.29, 0.717) is 33.7 Å². The zero-order chi connectivity index (χ0) is 30.4. The summed E-state index contributed by atoms with van der Waals surface area (Å²) in [6.45, 7) is 2.80. The number of nitrogens with zero attached hydrogens (tertiary/aromatic N) is 1. The first-order valence-electron chi connectivity index (χ1n) is 13.1. The van der Waals surface area contributed by atoms with Gasteiger partial charge in [-0.1, -0.05) is 0 Å². The van der Waals surface area contributed by atoms with Crippen molar-refractivity contribution in [2.24, 2.45) is 5.73 Å². The number of aliphatic hydroxyl groups is 1. The minimum absolute atomic E-state index is 0.0247. The number of esters is 1. The van der Waals surface area contributed by atoms with Crippen LogP contribution in [-0.4, -0.2) is 44.0 Å². The lowest BCUT2D eigenvalue weighted by Gasteiger charge is -2.30. The summed E-state index contributed by atoms with van der Waals surface area (Å²) >= 11 is 0. The third kappa shape index (κ3) is 6.39. The van der Waals surface area contributed by atoms with Crippen molar-refractivity contribution in [1.82, 2.24) is 0 Å². The highest BCUT2D eigenvalue weighted by molar-refractivity contribution is 7.92. The van der Waals surface area contributed by atoms with Gasteiger partial charge in [0.25, 0.3) is 0 Å². The maximum absolute atomic E-state index is 13.2. The van der Waals surface area contributed by atoms with Crippen LogP contribution in [0.4, 0.5) is 14.9 Å². The molecule has 0 bridgehead atoms. The standard InChI is InChI=1S/C30H29FN2O8S/c1-30(2,36)16-33(42(3,37)38)24-15-25-23(14-22(24)17-4-5-17)26(28(34)41-29(32)35)27(40-25)18-6-10-20(11-7-18)39-21-12-8-19(31)9-13-21/h6-15,17,36H,4-5,16H2,1-3H3,(H2,32,35). The predicted octanol–water partition coefficient (Wildman–Crippen LogP) is 5.68. The van der Waals surface area contributed by atoms with Gasteiger partial charge in [0.1, 0.15) is 34.2 Å². The first-order valence-corrected chi connectivity index (χ1v) is 14.9. The summed E-state index contributed by atoms with van der Waals surface area (Å²) < 4.78 is 56.7. The summed E-state index contributed by atoms with van der Waals surface area (Å²) in [7, 11) is -3.82. The molecule has 10 nitrogen and oxygen atoms in total. The van der Waals surface area contributed by atoms with Crippen molar-refractivity contribution in [3.05, 3.63) is 77.6 Å². The van der Waals surface area contributed by atoms with E-state index in [-0.39, 0.29) is 29.4 Å². The smallest absolute Gasteiger partial charge is 0.412 e. The SMILES string of the molecule is CC(C)(O)CN(c1cc2oc(-c3ccc(Oc4ccc(F)cc4)cc3)c(C(=O)OC(N)=O)c2cc1C1CC1)S(C)(=O)=O. The van der Waals surface area contributed by atoms with Gasteiger partial charge in [0.15, 0.2) is 0 Å². The normalized spacial score (nSPS) is 13.6. The van der Waals surface area contributed by atoms with Crippen molar-refractivity contribution < 1.29 is 41.4 Å². The molecular weight excluding hydrogens is 567 g/mol. The molecule has 1 aromatic heterocycles. The average molecular weight is 597 g/mol. The van der Waals surface area contributed by atoms with E-state index in [1.807, 2.05) is 0 Å². The first kappa shape index (κ1) is 29.1. The zero-order valence-electron chi connectivity index (χ0n) is 23.1. The number of hydrogen-bond acceptors (Lipinski definition) is 8. The summed E-state index contributed by atoms with van der Waals surface area (Å²) in [5.41, 5.74) is 5.31. The molecule has 0 aliphatic heterocycles. The van der Waals surface area contributed by atoms with E-state index in [9.17, 15) is 27.5 Å². The molecule has 1 amide bonds. The number of fused-ring (bicyclic) bond motifs is 1. The molecule has 4 aromatic rings. The fourth-order valence-electron chi connectivity index (χ4n) is 4.68. The van der Waals surface area contributed by atoms with Crippen LogP contribution in [0, 0.1) is 5.82 Å². The van der Waals surface area contributed by atoms with Gasteiger partial charge in [0, 0.05) is 17.0 Å². The minimum Gasteiger partial charge on any atom is -0.457 e. The van der Waals surface area contributed by atoms with E-state index >= 15 is 0 Å². The second-order valence-corrected chi connectivity index (χ2v) is 12.8. The number of ether oxygens (including phenoxy) is 2. The van der Waals surface area contributed by atoms with Crippen LogP contribution in [0.1, 0.15) is 48.5 Å². The second-order valence-electron chi connectivity index (χ2n) is 10.9. The summed E-state index contributed by atoms with van der Waals surface area (Å²) in [6.07, 6.45) is 1.37. The number of halogens is 1. The van der Waals surface area contributed by atoms with Crippen LogP contribution >= 0.6 is 0 Å². The Morgan fingerprint density at radius 1 is 1.07 bits per heavy atom. The molecule has 220 valence electrons. The largest absolute Gasteiger partial charge is 0.457 e. The number of hydrogen-bond donors (Lipinski definition) is 2. The molecule has 0 atom stereocenters. The third-order valence-corrected chi connectivity index (χ3v) is 7.74. The van der Waals surface area contributed by atoms with Crippen LogP contribution in [0.15, 0.2) is 65.1 Å². The molecule has 1 heterocycles. The molecular formula is C30H29FN2O8S. The van der Waals surface area contributed by atoms with Crippen molar-refractivity contribution in [3.8, 4) is 22.8 Å². The number of rotatable bonds is 9. The molecule has 42 heavy (non-hydrogen) atoms. The molecule has 1 aliphatic rings. The van der Waals surface area contributed by atoms with Gasteiger partial charge >= 0.3 is 12.1 Å². The Morgan fingerprint density at radius 3 is 2.19 bits per heavy atom. The fourth-order valence-corrected chi connectivity index (χ4v) is 5.75. The molecule has 0 unspecified atom stereocenters. The number of carbonyl (C=O) groups is 2. The summed E-state index contributed by atoms with van der Waals surface area (Å²) in [4.78, 5) is 24.7. The van der Waals surface area contributed by atoms with Gasteiger partial charge in [-0.2, -0.15) is 0 Å². The van der Waals surface area contributed by atoms with E-state index in [1.165, 1.54) is 44.2 Å². The van der Waals surface area contributed by atoms with Gasteiger partial charge in [-0.3, -0.25) is 4.31 Å². The molecule has 1 saturated carbocycles. The molecule has 5 rings (SSSR count). The minimum atomic E-state index is -3.82. The molecule has 0 saturated heterocycles. The van der Waals surface area contributed by atoms with Gasteiger partial charge in [0.05, 0.1) is 24.1 Å². The molecule has 1 fully saturated rings. The van der Waals surface area contributed by atoms with Gasteiger partial charge in [-0.25, -0.2) is 22.4 Å². The van der Waals surface area contributed by atoms with Crippen molar-refractivity contribution >= 4 is 38.7 Å². The van der Waals surface area contributed by atoms with Gasteiger partial charge < -0.3 is 24.7 Å². The number of nitrogens with two attached hydrogens (primary N) is 1. The Balaban J connectivity index is 1.64. The number of furan rings is 1. The highest BCUT2D eigenvalue weighted by Gasteiger charge is 2.35. The third-order valence-electron chi connectivity index (χ3n) is 6.62. The number of anilines is 1. The van der Waals surface area contributed by atoms with E-state index in [2.05, 4.69) is 0 Å². The maximum atomic E-state index is 13.2. The van der Waals surface area contributed by atoms with Crippen molar-refractivity contribution in [2.75, 3.05) is 17.1 Å². The van der Waals surface area contributed by atoms with E-state index in [1.54, 1.807) is 30.3 Å². The Bertz CT molecular complexity index is 1770. The van der Waals surface area contributed by atoms with Gasteiger partial charge in [0.2, 0.25) is 10.0 Å². The van der Waals surface area contributed by atoms with Crippen LogP contribution in [0.25, 0.3) is 22.3 Å². The van der Waals surface area contributed by atoms with Crippen molar-refractivity contribution in [3.63, 3.8) is 0 Å². The maximum Gasteiger partial charge on any atom is 0.412 e. The van der Waals surface area contributed by atoms with Gasteiger partial charge in [-0.05, 0) is 92.8 Å². The molecule has 3 N–H and O–H groups in total. The Morgan fingerprint density at radius 2 is 1.67 bits per heavy atom. The Hall–Kier alpha value is -4.42. The van der Waals surface area contributed by atoms with Crippen LogP contribution in [0.3, 0.4) is 0 Å². The Labute approximate surface area is 241 Å². The molecule has 3 aromatic carbocycles. The summed E-state index contributed by atoms with van der Waals surface area (Å²) in [5, 5.41) is 10.8. The lowest BCUT2D eigenvalue weighted by Crippen LogP contribution is -2.42. The molecule has 0 radical (unpaired) electrons. The predicted molar refractivity (Wildman–Crippen MR) is 154 cm³/mol. The quantitative estimate of drug-likeness (QED) is 0.185. The van der Waals surface area contributed by atoms with E-state index in [4.69, 9.17) is 19.6 Å². The van der Waals surface area contributed by atoms with Crippen molar-refractivity contribution in [2.45, 2.75) is 38.2 Å². The Kier molecular flexibility index (Phi) is 7.46. The van der Waals surface area contributed by atoms with Crippen molar-refractivity contribution in [1.29, 1.82) is 0 Å². The second kappa shape index (κ2) is 10.8. The number of benzene rings is 3. The van der Waals surface area contributed by atoms with E-state index in [0.717, 1.165) is 23.4 Å². The molecule has 0 spiro atoms. The van der Waals surface area contributed by atoms with Crippen LogP contribution in [0.5, 0.6) is 11.5 Å². The monoisotopic (exact) mass is 596 g/mol.